The van der Waals surface area contributed by atoms with Gasteiger partial charge in [0.25, 0.3) is 10.0 Å². The van der Waals surface area contributed by atoms with Crippen molar-refractivity contribution in [1.82, 2.24) is 18.6 Å². The number of carbonyl (C=O) groups excluding carboxylic acids is 1. The molecule has 4 heterocycles. The molecule has 210 valence electrons. The Balaban J connectivity index is 1.63. The summed E-state index contributed by atoms with van der Waals surface area (Å²) in [5.74, 6) is -2.69. The number of aliphatic carboxylic acids is 1. The van der Waals surface area contributed by atoms with Crippen LogP contribution in [-0.2, 0) is 24.0 Å². The zero-order valence-corrected chi connectivity index (χ0v) is 25.6. The fraction of sp³-hybridized carbons (Fsp3) is 0.625. The Labute approximate surface area is 227 Å². The van der Waals surface area contributed by atoms with Crippen molar-refractivity contribution in [2.45, 2.75) is 69.9 Å². The monoisotopic (exact) mass is 584 g/mol. The number of amides is 1. The lowest BCUT2D eigenvalue weighted by Gasteiger charge is -2.46. The zero-order chi connectivity index (χ0) is 28.5. The molecule has 1 fully saturated rings. The van der Waals surface area contributed by atoms with Crippen molar-refractivity contribution in [3.63, 3.8) is 0 Å². The molecule has 2 aliphatic heterocycles. The predicted octanol–water partition coefficient (Wildman–Crippen LogP) is 2.69. The Morgan fingerprint density at radius 2 is 1.97 bits per heavy atom. The fourth-order valence-corrected chi connectivity index (χ4v) is 8.59. The van der Waals surface area contributed by atoms with Crippen molar-refractivity contribution in [2.75, 3.05) is 20.2 Å². The number of carboxylic acids is 1. The fourth-order valence-electron chi connectivity index (χ4n) is 4.89. The summed E-state index contributed by atoms with van der Waals surface area (Å²) in [7, 11) is -4.50. The van der Waals surface area contributed by atoms with Gasteiger partial charge in [-0.25, -0.2) is 18.2 Å². The maximum Gasteiger partial charge on any atom is 0.352 e. The van der Waals surface area contributed by atoms with E-state index in [1.54, 1.807) is 10.6 Å². The topological polar surface area (TPSA) is 142 Å². The van der Waals surface area contributed by atoms with Crippen LogP contribution in [0.4, 0.5) is 0 Å². The maximum absolute atomic E-state index is 13.4. The summed E-state index contributed by atoms with van der Waals surface area (Å²) in [5, 5.41) is 19.9. The van der Waals surface area contributed by atoms with Gasteiger partial charge in [-0.05, 0) is 25.1 Å². The normalized spacial score (nSPS) is 23.4. The third-order valence-corrected chi connectivity index (χ3v) is 15.8. The number of aliphatic hydroxyl groups is 1. The molecule has 0 bridgehead atoms. The SMILES string of the molecule is C[C@@H](O)[C@H]1C(=O)N2C(C(=O)O)=C(c3cn4cnc(S(=O)(=O)N(C)CCO[Si](C)(C)C(C)(C)C)c4s3)[C@H](C)[C@H]12. The van der Waals surface area contributed by atoms with Gasteiger partial charge in [-0.15, -0.1) is 11.3 Å². The van der Waals surface area contributed by atoms with E-state index in [9.17, 15) is 28.2 Å². The summed E-state index contributed by atoms with van der Waals surface area (Å²) in [6.45, 7) is 14.4. The number of hydrogen-bond donors (Lipinski definition) is 2. The summed E-state index contributed by atoms with van der Waals surface area (Å²) in [5.41, 5.74) is 0.332. The Morgan fingerprint density at radius 1 is 1.34 bits per heavy atom. The number of β-lactam (4-membered cyclic amide) rings is 1. The molecular weight excluding hydrogens is 549 g/mol. The van der Waals surface area contributed by atoms with Crippen molar-refractivity contribution in [1.29, 1.82) is 0 Å². The summed E-state index contributed by atoms with van der Waals surface area (Å²) >= 11 is 1.12. The van der Waals surface area contributed by atoms with Crippen LogP contribution >= 0.6 is 11.3 Å². The van der Waals surface area contributed by atoms with Crippen LogP contribution in [0.5, 0.6) is 0 Å². The number of carboxylic acid groups (broad SMARTS) is 1. The molecule has 0 aromatic carbocycles. The Morgan fingerprint density at radius 3 is 2.53 bits per heavy atom. The first-order valence-corrected chi connectivity index (χ1v) is 17.6. The molecular formula is C24H36N4O7S2Si. The van der Waals surface area contributed by atoms with Gasteiger partial charge in [0, 0.05) is 37.9 Å². The van der Waals surface area contributed by atoms with E-state index in [0.29, 0.717) is 15.3 Å². The average molecular weight is 585 g/mol. The number of aliphatic hydroxyl groups excluding tert-OH is 1. The number of fused-ring (bicyclic) bond motifs is 2. The van der Waals surface area contributed by atoms with Crippen molar-refractivity contribution in [2.24, 2.45) is 11.8 Å². The third kappa shape index (κ3) is 4.44. The van der Waals surface area contributed by atoms with Crippen LogP contribution in [0.1, 0.15) is 39.5 Å². The van der Waals surface area contributed by atoms with Crippen LogP contribution in [0.25, 0.3) is 10.4 Å². The van der Waals surface area contributed by atoms with Crippen LogP contribution in [0.2, 0.25) is 18.1 Å². The van der Waals surface area contributed by atoms with Crippen LogP contribution in [0, 0.1) is 11.8 Å². The van der Waals surface area contributed by atoms with Gasteiger partial charge in [0.15, 0.2) is 8.32 Å². The van der Waals surface area contributed by atoms with Crippen molar-refractivity contribution >= 4 is 52.0 Å². The van der Waals surface area contributed by atoms with Gasteiger partial charge in [-0.1, -0.05) is 27.7 Å². The summed E-state index contributed by atoms with van der Waals surface area (Å²) in [4.78, 5) is 31.2. The lowest BCUT2D eigenvalue weighted by molar-refractivity contribution is -0.163. The molecule has 2 N–H and O–H groups in total. The lowest BCUT2D eigenvalue weighted by atomic mass is 9.77. The average Bonchev–Trinajstić information content (AvgIpc) is 3.42. The van der Waals surface area contributed by atoms with Crippen LogP contribution < -0.4 is 0 Å². The van der Waals surface area contributed by atoms with Crippen LogP contribution in [-0.4, -0.2) is 89.8 Å². The first kappa shape index (κ1) is 28.9. The van der Waals surface area contributed by atoms with E-state index in [-0.39, 0.29) is 34.8 Å². The number of rotatable bonds is 9. The maximum atomic E-state index is 13.4. The molecule has 11 nitrogen and oxygen atoms in total. The van der Waals surface area contributed by atoms with Crippen molar-refractivity contribution < 1.29 is 32.6 Å². The van der Waals surface area contributed by atoms with E-state index in [1.165, 1.54) is 29.5 Å². The zero-order valence-electron chi connectivity index (χ0n) is 22.9. The minimum Gasteiger partial charge on any atom is -0.477 e. The molecule has 4 atom stereocenters. The number of sulfonamides is 1. The molecule has 0 unspecified atom stereocenters. The number of carbonyl (C=O) groups is 2. The number of hydrogen-bond acceptors (Lipinski definition) is 8. The van der Waals surface area contributed by atoms with E-state index < -0.39 is 48.3 Å². The number of likely N-dealkylation sites (N-methyl/N-ethyl adjacent to an activating group) is 1. The molecule has 1 saturated heterocycles. The molecule has 2 aromatic heterocycles. The summed E-state index contributed by atoms with van der Waals surface area (Å²) in [6.07, 6.45) is 2.13. The summed E-state index contributed by atoms with van der Waals surface area (Å²) < 4.78 is 35.8. The molecule has 14 heteroatoms. The minimum atomic E-state index is -3.95. The molecule has 2 aliphatic rings. The molecule has 2 aromatic rings. The molecule has 1 amide bonds. The van der Waals surface area contributed by atoms with Gasteiger partial charge < -0.3 is 19.5 Å². The van der Waals surface area contributed by atoms with Crippen molar-refractivity contribution in [3.05, 3.63) is 23.1 Å². The van der Waals surface area contributed by atoms with Gasteiger partial charge >= 0.3 is 5.97 Å². The highest BCUT2D eigenvalue weighted by Crippen LogP contribution is 2.51. The number of nitrogens with zero attached hydrogens (tertiary/aromatic N) is 4. The van der Waals surface area contributed by atoms with Gasteiger partial charge in [0.1, 0.15) is 16.9 Å². The second-order valence-electron chi connectivity index (χ2n) is 11.6. The summed E-state index contributed by atoms with van der Waals surface area (Å²) in [6, 6.07) is -0.460. The third-order valence-electron chi connectivity index (χ3n) is 8.15. The van der Waals surface area contributed by atoms with E-state index in [2.05, 4.69) is 38.8 Å². The molecule has 0 radical (unpaired) electrons. The van der Waals surface area contributed by atoms with Gasteiger partial charge in [-0.2, -0.15) is 4.31 Å². The largest absolute Gasteiger partial charge is 0.477 e. The van der Waals surface area contributed by atoms with Gasteiger partial charge in [0.2, 0.25) is 10.9 Å². The van der Waals surface area contributed by atoms with Gasteiger partial charge in [0.05, 0.1) is 22.9 Å². The Bertz CT molecular complexity index is 1420. The first-order chi connectivity index (χ1) is 17.4. The van der Waals surface area contributed by atoms with E-state index in [0.717, 1.165) is 11.3 Å². The number of imidazole rings is 1. The minimum absolute atomic E-state index is 0.00458. The highest BCUT2D eigenvalue weighted by molar-refractivity contribution is 7.89. The van der Waals surface area contributed by atoms with Crippen LogP contribution in [0.3, 0.4) is 0 Å². The predicted molar refractivity (Wildman–Crippen MR) is 146 cm³/mol. The van der Waals surface area contributed by atoms with Gasteiger partial charge in [-0.3, -0.25) is 9.20 Å². The van der Waals surface area contributed by atoms with E-state index in [4.69, 9.17) is 4.43 Å². The van der Waals surface area contributed by atoms with Crippen LogP contribution in [0.15, 0.2) is 23.2 Å². The first-order valence-electron chi connectivity index (χ1n) is 12.5. The molecule has 4 rings (SSSR count). The van der Waals surface area contributed by atoms with E-state index in [1.807, 2.05) is 6.92 Å². The Hall–Kier alpha value is -2.10. The lowest BCUT2D eigenvalue weighted by Crippen LogP contribution is -2.63. The number of thiazole rings is 1. The Kier molecular flexibility index (Phi) is 7.24. The molecule has 0 saturated carbocycles. The second kappa shape index (κ2) is 9.52. The molecule has 38 heavy (non-hydrogen) atoms. The molecule has 0 aliphatic carbocycles. The molecule has 0 spiro atoms. The van der Waals surface area contributed by atoms with E-state index >= 15 is 0 Å². The smallest absolute Gasteiger partial charge is 0.352 e. The number of aromatic nitrogens is 2. The quantitative estimate of drug-likeness (QED) is 0.339. The standard InChI is InChI=1S/C24H36N4O7S2Si/c1-13-16(19(23(31)32)28-18(13)17(14(2)29)21(28)30)15-11-27-12-25-20(22(27)36-15)37(33,34)26(6)9-10-35-38(7,8)24(3,4)5/h11-14,17-18,29H,9-10H2,1-8H3,(H,31,32)/t13-,14+,17+,18+/m0/s1. The van der Waals surface area contributed by atoms with Crippen molar-refractivity contribution in [3.8, 4) is 0 Å². The highest BCUT2D eigenvalue weighted by atomic mass is 32.2. The highest BCUT2D eigenvalue weighted by Gasteiger charge is 2.60. The second-order valence-corrected chi connectivity index (χ2v) is 19.4.